The first-order chi connectivity index (χ1) is 8.69. The molecule has 5 heteroatoms. The van der Waals surface area contributed by atoms with Crippen molar-refractivity contribution >= 4 is 17.4 Å². The van der Waals surface area contributed by atoms with E-state index < -0.39 is 0 Å². The van der Waals surface area contributed by atoms with Gasteiger partial charge in [0.15, 0.2) is 0 Å². The van der Waals surface area contributed by atoms with Gasteiger partial charge in [0.1, 0.15) is 11.5 Å². The van der Waals surface area contributed by atoms with Gasteiger partial charge in [0.25, 0.3) is 5.91 Å². The Balaban J connectivity index is 2.11. The molecule has 0 radical (unpaired) electrons. The third-order valence-corrected chi connectivity index (χ3v) is 2.44. The summed E-state index contributed by atoms with van der Waals surface area (Å²) in [7, 11) is 1.80. The fourth-order valence-electron chi connectivity index (χ4n) is 1.46. The van der Waals surface area contributed by atoms with Gasteiger partial charge in [-0.05, 0) is 36.8 Å². The fourth-order valence-corrected chi connectivity index (χ4v) is 1.46. The van der Waals surface area contributed by atoms with E-state index in [4.69, 9.17) is 0 Å². The van der Waals surface area contributed by atoms with Crippen LogP contribution < -0.4 is 10.6 Å². The van der Waals surface area contributed by atoms with Crippen molar-refractivity contribution in [3.05, 3.63) is 47.9 Å². The van der Waals surface area contributed by atoms with Crippen molar-refractivity contribution in [3.63, 3.8) is 0 Å². The van der Waals surface area contributed by atoms with E-state index in [0.717, 1.165) is 11.3 Å². The highest BCUT2D eigenvalue weighted by Gasteiger charge is 2.07. The van der Waals surface area contributed by atoms with E-state index in [1.807, 2.05) is 13.0 Å². The molecule has 2 aromatic rings. The number of anilines is 2. The predicted molar refractivity (Wildman–Crippen MR) is 70.7 cm³/mol. The van der Waals surface area contributed by atoms with E-state index in [-0.39, 0.29) is 5.91 Å². The molecule has 0 saturated heterocycles. The maximum absolute atomic E-state index is 11.9. The minimum absolute atomic E-state index is 0.268. The van der Waals surface area contributed by atoms with E-state index in [1.165, 1.54) is 0 Å². The van der Waals surface area contributed by atoms with E-state index in [1.54, 1.807) is 37.6 Å². The lowest BCUT2D eigenvalue weighted by atomic mass is 10.3. The number of hydrogen-bond acceptors (Lipinski definition) is 4. The molecule has 2 aromatic heterocycles. The van der Waals surface area contributed by atoms with Crippen LogP contribution in [0.4, 0.5) is 11.5 Å². The van der Waals surface area contributed by atoms with Gasteiger partial charge in [-0.15, -0.1) is 0 Å². The van der Waals surface area contributed by atoms with Crippen LogP contribution in [0.5, 0.6) is 0 Å². The standard InChI is InChI=1S/C13H14N4O/c1-9-5-6-15-12(7-9)17-13(18)11-4-3-10(14-2)8-16-11/h3-8,14H,1-2H3,(H,15,17,18). The smallest absolute Gasteiger partial charge is 0.275 e. The van der Waals surface area contributed by atoms with Crippen molar-refractivity contribution in [2.24, 2.45) is 0 Å². The minimum Gasteiger partial charge on any atom is -0.387 e. The van der Waals surface area contributed by atoms with Crippen LogP contribution in [0.3, 0.4) is 0 Å². The molecule has 0 saturated carbocycles. The highest BCUT2D eigenvalue weighted by atomic mass is 16.1. The Kier molecular flexibility index (Phi) is 3.52. The molecule has 92 valence electrons. The number of carbonyl (C=O) groups is 1. The van der Waals surface area contributed by atoms with Crippen LogP contribution in [0.15, 0.2) is 36.7 Å². The van der Waals surface area contributed by atoms with Crippen LogP contribution in [0, 0.1) is 6.92 Å². The topological polar surface area (TPSA) is 66.9 Å². The largest absolute Gasteiger partial charge is 0.387 e. The van der Waals surface area contributed by atoms with E-state index in [0.29, 0.717) is 11.5 Å². The third kappa shape index (κ3) is 2.82. The van der Waals surface area contributed by atoms with E-state index >= 15 is 0 Å². The maximum Gasteiger partial charge on any atom is 0.275 e. The van der Waals surface area contributed by atoms with Crippen molar-refractivity contribution in [2.75, 3.05) is 17.7 Å². The lowest BCUT2D eigenvalue weighted by Gasteiger charge is -2.05. The molecule has 0 fully saturated rings. The van der Waals surface area contributed by atoms with Crippen LogP contribution in [0.25, 0.3) is 0 Å². The van der Waals surface area contributed by atoms with Crippen molar-refractivity contribution in [3.8, 4) is 0 Å². The van der Waals surface area contributed by atoms with Gasteiger partial charge in [-0.25, -0.2) is 9.97 Å². The van der Waals surface area contributed by atoms with Crippen LogP contribution in [0.2, 0.25) is 0 Å². The number of amides is 1. The van der Waals surface area contributed by atoms with Crippen LogP contribution in [0.1, 0.15) is 16.1 Å². The zero-order chi connectivity index (χ0) is 13.0. The summed E-state index contributed by atoms with van der Waals surface area (Å²) in [4.78, 5) is 20.0. The molecular weight excluding hydrogens is 228 g/mol. The lowest BCUT2D eigenvalue weighted by Crippen LogP contribution is -2.14. The Morgan fingerprint density at radius 1 is 1.22 bits per heavy atom. The summed E-state index contributed by atoms with van der Waals surface area (Å²) in [6.45, 7) is 1.94. The van der Waals surface area contributed by atoms with Crippen molar-refractivity contribution in [1.82, 2.24) is 9.97 Å². The fraction of sp³-hybridized carbons (Fsp3) is 0.154. The molecule has 0 aromatic carbocycles. The summed E-state index contributed by atoms with van der Waals surface area (Å²) < 4.78 is 0. The Labute approximate surface area is 105 Å². The summed E-state index contributed by atoms with van der Waals surface area (Å²) in [6, 6.07) is 7.14. The zero-order valence-corrected chi connectivity index (χ0v) is 10.3. The molecule has 0 unspecified atom stereocenters. The van der Waals surface area contributed by atoms with Crippen LogP contribution in [-0.2, 0) is 0 Å². The molecule has 0 atom stereocenters. The average Bonchev–Trinajstić information content (AvgIpc) is 2.39. The summed E-state index contributed by atoms with van der Waals surface area (Å²) in [5, 5.41) is 5.65. The first-order valence-corrected chi connectivity index (χ1v) is 5.57. The van der Waals surface area contributed by atoms with Gasteiger partial charge < -0.3 is 10.6 Å². The maximum atomic E-state index is 11.9. The quantitative estimate of drug-likeness (QED) is 0.864. The highest BCUT2D eigenvalue weighted by molar-refractivity contribution is 6.02. The number of aromatic nitrogens is 2. The summed E-state index contributed by atoms with van der Waals surface area (Å²) in [5.41, 5.74) is 2.26. The monoisotopic (exact) mass is 242 g/mol. The predicted octanol–water partition coefficient (Wildman–Crippen LogP) is 2.08. The third-order valence-electron chi connectivity index (χ3n) is 2.44. The summed E-state index contributed by atoms with van der Waals surface area (Å²) in [5.74, 6) is 0.259. The van der Waals surface area contributed by atoms with Gasteiger partial charge in [-0.1, -0.05) is 0 Å². The van der Waals surface area contributed by atoms with Gasteiger partial charge in [0.2, 0.25) is 0 Å². The lowest BCUT2D eigenvalue weighted by molar-refractivity contribution is 0.102. The highest BCUT2D eigenvalue weighted by Crippen LogP contribution is 2.09. The van der Waals surface area contributed by atoms with E-state index in [9.17, 15) is 4.79 Å². The molecule has 1 amide bonds. The second-order valence-corrected chi connectivity index (χ2v) is 3.85. The summed E-state index contributed by atoms with van der Waals surface area (Å²) >= 11 is 0. The minimum atomic E-state index is -0.268. The number of nitrogens with one attached hydrogen (secondary N) is 2. The van der Waals surface area contributed by atoms with Crippen LogP contribution in [-0.4, -0.2) is 22.9 Å². The van der Waals surface area contributed by atoms with Gasteiger partial charge in [0.05, 0.1) is 11.9 Å². The zero-order valence-electron chi connectivity index (χ0n) is 10.3. The normalized spacial score (nSPS) is 9.89. The Morgan fingerprint density at radius 2 is 2.06 bits per heavy atom. The molecule has 0 aliphatic rings. The molecule has 0 aliphatic carbocycles. The molecular formula is C13H14N4O. The second-order valence-electron chi connectivity index (χ2n) is 3.85. The van der Waals surface area contributed by atoms with Crippen molar-refractivity contribution in [1.29, 1.82) is 0 Å². The molecule has 0 spiro atoms. The molecule has 2 N–H and O–H groups in total. The summed E-state index contributed by atoms with van der Waals surface area (Å²) in [6.07, 6.45) is 3.26. The molecule has 18 heavy (non-hydrogen) atoms. The van der Waals surface area contributed by atoms with Gasteiger partial charge in [-0.2, -0.15) is 0 Å². The first-order valence-electron chi connectivity index (χ1n) is 5.57. The SMILES string of the molecule is CNc1ccc(C(=O)Nc2cc(C)ccn2)nc1. The number of carbonyl (C=O) groups excluding carboxylic acids is 1. The van der Waals surface area contributed by atoms with Gasteiger partial charge in [0, 0.05) is 13.2 Å². The van der Waals surface area contributed by atoms with Crippen molar-refractivity contribution in [2.45, 2.75) is 6.92 Å². The molecule has 0 bridgehead atoms. The Hall–Kier alpha value is -2.43. The number of pyridine rings is 2. The van der Waals surface area contributed by atoms with Crippen LogP contribution >= 0.6 is 0 Å². The number of nitrogens with zero attached hydrogens (tertiary/aromatic N) is 2. The second kappa shape index (κ2) is 5.27. The molecule has 2 rings (SSSR count). The van der Waals surface area contributed by atoms with Crippen molar-refractivity contribution < 1.29 is 4.79 Å². The number of aryl methyl sites for hydroxylation is 1. The number of rotatable bonds is 3. The Bertz CT molecular complexity index is 551. The molecule has 5 nitrogen and oxygen atoms in total. The average molecular weight is 242 g/mol. The molecule has 0 aliphatic heterocycles. The Morgan fingerprint density at radius 3 is 2.67 bits per heavy atom. The van der Waals surface area contributed by atoms with Gasteiger partial charge in [-0.3, -0.25) is 4.79 Å². The van der Waals surface area contributed by atoms with Gasteiger partial charge >= 0.3 is 0 Å². The molecule has 2 heterocycles. The number of hydrogen-bond donors (Lipinski definition) is 2. The first kappa shape index (κ1) is 12.0. The van der Waals surface area contributed by atoms with E-state index in [2.05, 4.69) is 20.6 Å².